The van der Waals surface area contributed by atoms with Gasteiger partial charge in [0, 0.05) is 18.8 Å². The first-order valence-corrected chi connectivity index (χ1v) is 8.95. The van der Waals surface area contributed by atoms with Gasteiger partial charge in [-0.2, -0.15) is 0 Å². The highest BCUT2D eigenvalue weighted by Crippen LogP contribution is 2.24. The molecule has 1 saturated heterocycles. The third kappa shape index (κ3) is 4.91. The molecule has 1 aliphatic rings. The monoisotopic (exact) mass is 338 g/mol. The van der Waals surface area contributed by atoms with Gasteiger partial charge in [-0.25, -0.2) is 0 Å². The molecule has 4 nitrogen and oxygen atoms in total. The van der Waals surface area contributed by atoms with E-state index < -0.39 is 0 Å². The number of nitrogens with one attached hydrogen (secondary N) is 1. The lowest BCUT2D eigenvalue weighted by molar-refractivity contribution is -0.122. The van der Waals surface area contributed by atoms with Gasteiger partial charge in [-0.15, -0.1) is 0 Å². The number of benzene rings is 2. The van der Waals surface area contributed by atoms with Gasteiger partial charge in [-0.05, 0) is 36.6 Å². The molecule has 132 valence electrons. The summed E-state index contributed by atoms with van der Waals surface area (Å²) in [7, 11) is 0. The average molecular weight is 338 g/mol. The van der Waals surface area contributed by atoms with E-state index >= 15 is 0 Å². The van der Waals surface area contributed by atoms with Crippen LogP contribution in [0.4, 0.5) is 5.69 Å². The molecule has 1 aliphatic heterocycles. The van der Waals surface area contributed by atoms with Gasteiger partial charge >= 0.3 is 0 Å². The lowest BCUT2D eigenvalue weighted by Crippen LogP contribution is -2.46. The Kier molecular flexibility index (Phi) is 5.84. The van der Waals surface area contributed by atoms with Crippen molar-refractivity contribution in [1.82, 2.24) is 4.90 Å². The standard InChI is InChI=1S/C21H26N2O2/c1-3-17-9-11-19(12-10-17)22-21(24)15-23-13-16(2)25-20(14-23)18-7-5-4-6-8-18/h4-12,16,20H,3,13-15H2,1-2H3,(H,22,24). The first kappa shape index (κ1) is 17.6. The number of carbonyl (C=O) groups is 1. The molecule has 1 amide bonds. The summed E-state index contributed by atoms with van der Waals surface area (Å²) >= 11 is 0. The van der Waals surface area contributed by atoms with E-state index in [2.05, 4.69) is 48.3 Å². The van der Waals surface area contributed by atoms with Crippen LogP contribution in [0.5, 0.6) is 0 Å². The summed E-state index contributed by atoms with van der Waals surface area (Å²) in [6.45, 7) is 6.06. The van der Waals surface area contributed by atoms with Gasteiger partial charge in [0.15, 0.2) is 0 Å². The molecule has 2 aromatic carbocycles. The minimum Gasteiger partial charge on any atom is -0.368 e. The van der Waals surface area contributed by atoms with E-state index in [9.17, 15) is 4.79 Å². The Labute approximate surface area is 149 Å². The third-order valence-electron chi connectivity index (χ3n) is 4.52. The molecule has 0 spiro atoms. The molecule has 0 radical (unpaired) electrons. The van der Waals surface area contributed by atoms with Crippen molar-refractivity contribution in [2.75, 3.05) is 25.0 Å². The fourth-order valence-corrected chi connectivity index (χ4v) is 3.25. The number of hydrogen-bond acceptors (Lipinski definition) is 3. The molecule has 0 aromatic heterocycles. The second kappa shape index (κ2) is 8.28. The molecule has 2 unspecified atom stereocenters. The fourth-order valence-electron chi connectivity index (χ4n) is 3.25. The van der Waals surface area contributed by atoms with Gasteiger partial charge in [0.05, 0.1) is 18.8 Å². The lowest BCUT2D eigenvalue weighted by atomic mass is 10.1. The van der Waals surface area contributed by atoms with E-state index in [1.807, 2.05) is 30.3 Å². The molecule has 2 atom stereocenters. The minimum absolute atomic E-state index is 0.0154. The predicted octanol–water partition coefficient (Wildman–Crippen LogP) is 3.65. The van der Waals surface area contributed by atoms with Crippen molar-refractivity contribution >= 4 is 11.6 Å². The summed E-state index contributed by atoms with van der Waals surface area (Å²) in [5.41, 5.74) is 3.28. The van der Waals surface area contributed by atoms with Crippen LogP contribution in [0.1, 0.15) is 31.1 Å². The Bertz CT molecular complexity index is 685. The van der Waals surface area contributed by atoms with Gasteiger partial charge in [-0.3, -0.25) is 9.69 Å². The SMILES string of the molecule is CCc1ccc(NC(=O)CN2CC(C)OC(c3ccccc3)C2)cc1. The summed E-state index contributed by atoms with van der Waals surface area (Å²) in [6.07, 6.45) is 1.12. The Morgan fingerprint density at radius 1 is 1.12 bits per heavy atom. The second-order valence-electron chi connectivity index (χ2n) is 6.64. The van der Waals surface area contributed by atoms with Crippen molar-refractivity contribution in [2.45, 2.75) is 32.5 Å². The molecule has 25 heavy (non-hydrogen) atoms. The van der Waals surface area contributed by atoms with Gasteiger partial charge in [-0.1, -0.05) is 49.4 Å². The maximum absolute atomic E-state index is 12.4. The van der Waals surface area contributed by atoms with Crippen LogP contribution in [0, 0.1) is 0 Å². The van der Waals surface area contributed by atoms with E-state index in [0.717, 1.165) is 30.8 Å². The smallest absolute Gasteiger partial charge is 0.238 e. The Morgan fingerprint density at radius 3 is 2.52 bits per heavy atom. The second-order valence-corrected chi connectivity index (χ2v) is 6.64. The lowest BCUT2D eigenvalue weighted by Gasteiger charge is -2.36. The fraction of sp³-hybridized carbons (Fsp3) is 0.381. The summed E-state index contributed by atoms with van der Waals surface area (Å²) in [5, 5.41) is 2.99. The summed E-state index contributed by atoms with van der Waals surface area (Å²) in [4.78, 5) is 14.6. The number of hydrogen-bond donors (Lipinski definition) is 1. The zero-order valence-electron chi connectivity index (χ0n) is 14.9. The molecule has 1 N–H and O–H groups in total. The molecule has 1 heterocycles. The number of nitrogens with zero attached hydrogens (tertiary/aromatic N) is 1. The number of ether oxygens (including phenoxy) is 1. The Hall–Kier alpha value is -2.17. The highest BCUT2D eigenvalue weighted by atomic mass is 16.5. The van der Waals surface area contributed by atoms with Crippen molar-refractivity contribution in [3.63, 3.8) is 0 Å². The number of morpholine rings is 1. The van der Waals surface area contributed by atoms with Crippen LogP contribution in [0.15, 0.2) is 54.6 Å². The van der Waals surface area contributed by atoms with Crippen molar-refractivity contribution in [3.05, 3.63) is 65.7 Å². The molecule has 2 aromatic rings. The van der Waals surface area contributed by atoms with Crippen LogP contribution in [0.3, 0.4) is 0 Å². The molecule has 4 heteroatoms. The van der Waals surface area contributed by atoms with Crippen LogP contribution in [-0.2, 0) is 16.0 Å². The van der Waals surface area contributed by atoms with Crippen molar-refractivity contribution < 1.29 is 9.53 Å². The van der Waals surface area contributed by atoms with Crippen molar-refractivity contribution in [1.29, 1.82) is 0 Å². The molecule has 0 saturated carbocycles. The number of carbonyl (C=O) groups excluding carboxylic acids is 1. The predicted molar refractivity (Wildman–Crippen MR) is 101 cm³/mol. The topological polar surface area (TPSA) is 41.6 Å². The number of aryl methyl sites for hydroxylation is 1. The van der Waals surface area contributed by atoms with Crippen molar-refractivity contribution in [3.8, 4) is 0 Å². The normalized spacial score (nSPS) is 21.0. The number of anilines is 1. The summed E-state index contributed by atoms with van der Waals surface area (Å²) in [6, 6.07) is 18.2. The largest absolute Gasteiger partial charge is 0.368 e. The van der Waals surface area contributed by atoms with Gasteiger partial charge < -0.3 is 10.1 Å². The van der Waals surface area contributed by atoms with Crippen LogP contribution in [0.2, 0.25) is 0 Å². The van der Waals surface area contributed by atoms with Crippen LogP contribution in [0.25, 0.3) is 0 Å². The zero-order valence-corrected chi connectivity index (χ0v) is 14.9. The van der Waals surface area contributed by atoms with Gasteiger partial charge in [0.25, 0.3) is 0 Å². The van der Waals surface area contributed by atoms with E-state index in [-0.39, 0.29) is 18.1 Å². The van der Waals surface area contributed by atoms with Crippen LogP contribution >= 0.6 is 0 Å². The third-order valence-corrected chi connectivity index (χ3v) is 4.52. The van der Waals surface area contributed by atoms with Crippen LogP contribution in [-0.4, -0.2) is 36.5 Å². The van der Waals surface area contributed by atoms with E-state index in [4.69, 9.17) is 4.74 Å². The Morgan fingerprint density at radius 2 is 1.84 bits per heavy atom. The zero-order chi connectivity index (χ0) is 17.6. The first-order valence-electron chi connectivity index (χ1n) is 8.95. The molecular formula is C21H26N2O2. The first-order chi connectivity index (χ1) is 12.1. The summed E-state index contributed by atoms with van der Waals surface area (Å²) < 4.78 is 6.05. The maximum Gasteiger partial charge on any atom is 0.238 e. The quantitative estimate of drug-likeness (QED) is 0.905. The summed E-state index contributed by atoms with van der Waals surface area (Å²) in [5.74, 6) is 0.0187. The van der Waals surface area contributed by atoms with Crippen molar-refractivity contribution in [2.24, 2.45) is 0 Å². The van der Waals surface area contributed by atoms with Gasteiger partial charge in [0.2, 0.25) is 5.91 Å². The molecular weight excluding hydrogens is 312 g/mol. The maximum atomic E-state index is 12.4. The molecule has 3 rings (SSSR count). The molecule has 0 bridgehead atoms. The minimum atomic E-state index is 0.0154. The molecule has 0 aliphatic carbocycles. The van der Waals surface area contributed by atoms with E-state index in [0.29, 0.717) is 6.54 Å². The van der Waals surface area contributed by atoms with Gasteiger partial charge in [0.1, 0.15) is 0 Å². The Balaban J connectivity index is 1.58. The molecule has 1 fully saturated rings. The number of amides is 1. The number of rotatable bonds is 5. The average Bonchev–Trinajstić information content (AvgIpc) is 2.62. The highest BCUT2D eigenvalue weighted by molar-refractivity contribution is 5.92. The van der Waals surface area contributed by atoms with E-state index in [1.165, 1.54) is 5.56 Å². The van der Waals surface area contributed by atoms with E-state index in [1.54, 1.807) is 0 Å². The van der Waals surface area contributed by atoms with Crippen LogP contribution < -0.4 is 5.32 Å². The highest BCUT2D eigenvalue weighted by Gasteiger charge is 2.27.